The van der Waals surface area contributed by atoms with Gasteiger partial charge in [-0.3, -0.25) is 4.79 Å². The average molecular weight is 433 g/mol. The third-order valence-corrected chi connectivity index (χ3v) is 5.61. The van der Waals surface area contributed by atoms with E-state index in [4.69, 9.17) is 25.8 Å². The van der Waals surface area contributed by atoms with E-state index in [2.05, 4.69) is 10.2 Å². The summed E-state index contributed by atoms with van der Waals surface area (Å²) in [6, 6.07) is 12.4. The number of para-hydroxylation sites is 1. The van der Waals surface area contributed by atoms with Crippen LogP contribution in [-0.2, 0) is 0 Å². The molecule has 160 valence electrons. The topological polar surface area (TPSA) is 80.3 Å². The van der Waals surface area contributed by atoms with Gasteiger partial charge >= 0.3 is 0 Å². The van der Waals surface area contributed by atoms with E-state index >= 15 is 0 Å². The molecule has 1 saturated heterocycles. The third kappa shape index (κ3) is 4.48. The van der Waals surface area contributed by atoms with Crippen molar-refractivity contribution < 1.29 is 24.1 Å². The highest BCUT2D eigenvalue weighted by atomic mass is 35.5. The molecule has 1 fully saturated rings. The summed E-state index contributed by atoms with van der Waals surface area (Å²) < 4.78 is 17.8. The fourth-order valence-corrected chi connectivity index (χ4v) is 3.96. The van der Waals surface area contributed by atoms with Gasteiger partial charge in [-0.2, -0.15) is 0 Å². The molecule has 4 rings (SSSR count). The predicted molar refractivity (Wildman–Crippen MR) is 112 cm³/mol. The van der Waals surface area contributed by atoms with Crippen LogP contribution in [0.1, 0.15) is 23.2 Å². The summed E-state index contributed by atoms with van der Waals surface area (Å²) in [4.78, 5) is 14.1. The van der Waals surface area contributed by atoms with Gasteiger partial charge in [-0.05, 0) is 24.3 Å². The van der Waals surface area contributed by atoms with Crippen LogP contribution in [0, 0.1) is 0 Å². The zero-order valence-electron chi connectivity index (χ0n) is 16.8. The number of benzene rings is 2. The second-order valence-corrected chi connectivity index (χ2v) is 7.98. The largest absolute Gasteiger partial charge is 0.490 e. The molecule has 0 aromatic heterocycles. The maximum atomic E-state index is 11.9. The Kier molecular flexibility index (Phi) is 6.04. The molecular weight excluding hydrogens is 408 g/mol. The lowest BCUT2D eigenvalue weighted by atomic mass is 10.0. The normalized spacial score (nSPS) is 18.2. The molecule has 1 atom stereocenters. The molecule has 7 nitrogen and oxygen atoms in total. The lowest BCUT2D eigenvalue weighted by Gasteiger charge is -2.38. The molecule has 0 bridgehead atoms. The second kappa shape index (κ2) is 8.71. The number of aliphatic hydroxyl groups excluding tert-OH is 1. The van der Waals surface area contributed by atoms with Gasteiger partial charge in [-0.15, -0.1) is 0 Å². The zero-order chi connectivity index (χ0) is 21.1. The molecule has 2 N–H and O–H groups in total. The quantitative estimate of drug-likeness (QED) is 0.730. The number of nitrogens with one attached hydrogen (secondary N) is 1. The summed E-state index contributed by atoms with van der Waals surface area (Å²) in [7, 11) is 1.57. The highest BCUT2D eigenvalue weighted by Gasteiger charge is 2.44. The summed E-state index contributed by atoms with van der Waals surface area (Å²) in [6.45, 7) is 2.03. The molecule has 2 aromatic rings. The smallest absolute Gasteiger partial charge is 0.254 e. The van der Waals surface area contributed by atoms with Crippen molar-refractivity contribution in [2.45, 2.75) is 24.7 Å². The Morgan fingerprint density at radius 2 is 1.97 bits per heavy atom. The van der Waals surface area contributed by atoms with Crippen LogP contribution in [0.2, 0.25) is 5.02 Å². The van der Waals surface area contributed by atoms with Gasteiger partial charge in [0.15, 0.2) is 11.5 Å². The first kappa shape index (κ1) is 20.8. The molecule has 2 aromatic carbocycles. The highest BCUT2D eigenvalue weighted by molar-refractivity contribution is 6.30. The number of amides is 1. The molecular formula is C22H25ClN2O5. The first-order chi connectivity index (χ1) is 14.5. The number of carbonyl (C=O) groups is 1. The number of hydrogen-bond donors (Lipinski definition) is 2. The minimum absolute atomic E-state index is 0.104. The Balaban J connectivity index is 1.27. The van der Waals surface area contributed by atoms with Crippen molar-refractivity contribution in [3.8, 4) is 17.2 Å². The van der Waals surface area contributed by atoms with Crippen LogP contribution < -0.4 is 19.5 Å². The Bertz CT molecular complexity index is 914. The molecule has 8 heteroatoms. The fourth-order valence-electron chi connectivity index (χ4n) is 3.80. The van der Waals surface area contributed by atoms with E-state index in [1.165, 1.54) is 0 Å². The molecule has 1 amide bonds. The molecule has 1 spiro atoms. The van der Waals surface area contributed by atoms with Gasteiger partial charge in [0.1, 0.15) is 18.5 Å². The number of nitrogens with zero attached hydrogens (tertiary/aromatic N) is 1. The van der Waals surface area contributed by atoms with Crippen LogP contribution in [-0.4, -0.2) is 61.1 Å². The molecule has 2 aliphatic heterocycles. The zero-order valence-corrected chi connectivity index (χ0v) is 17.5. The SMILES string of the molecule is CNC(=O)c1ccccc1OC[C@@H](O)CN1CCC2(CC1)Oc1ccc(Cl)cc1O2. The maximum absolute atomic E-state index is 11.9. The molecule has 0 saturated carbocycles. The third-order valence-electron chi connectivity index (χ3n) is 5.37. The number of aliphatic hydroxyl groups is 1. The van der Waals surface area contributed by atoms with Gasteiger partial charge in [0, 0.05) is 50.6 Å². The highest BCUT2D eigenvalue weighted by Crippen LogP contribution is 2.44. The van der Waals surface area contributed by atoms with Gasteiger partial charge in [0.25, 0.3) is 11.7 Å². The molecule has 0 radical (unpaired) electrons. The Labute approximate surface area is 180 Å². The number of ether oxygens (including phenoxy) is 3. The van der Waals surface area contributed by atoms with Gasteiger partial charge in [-0.25, -0.2) is 0 Å². The molecule has 30 heavy (non-hydrogen) atoms. The van der Waals surface area contributed by atoms with Crippen LogP contribution in [0.3, 0.4) is 0 Å². The van der Waals surface area contributed by atoms with Crippen molar-refractivity contribution in [1.29, 1.82) is 0 Å². The van der Waals surface area contributed by atoms with Crippen LogP contribution in [0.25, 0.3) is 0 Å². The first-order valence-corrected chi connectivity index (χ1v) is 10.4. The lowest BCUT2D eigenvalue weighted by Crippen LogP contribution is -2.51. The maximum Gasteiger partial charge on any atom is 0.254 e. The summed E-state index contributed by atoms with van der Waals surface area (Å²) in [5.74, 6) is 0.977. The number of fused-ring (bicyclic) bond motifs is 1. The lowest BCUT2D eigenvalue weighted by molar-refractivity contribution is -0.122. The van der Waals surface area contributed by atoms with Gasteiger partial charge in [0.05, 0.1) is 5.56 Å². The Morgan fingerprint density at radius 3 is 2.73 bits per heavy atom. The number of halogens is 1. The first-order valence-electron chi connectivity index (χ1n) is 10.00. The fraction of sp³-hybridized carbons (Fsp3) is 0.409. The number of β-amino-alcohol motifs (C(OH)–C–C–N with tert-alkyl or cyclic N) is 1. The van der Waals surface area contributed by atoms with Crippen LogP contribution >= 0.6 is 11.6 Å². The standard InChI is InChI=1S/C22H25ClN2O5/c1-24-21(27)17-4-2-3-5-18(17)28-14-16(26)13-25-10-8-22(9-11-25)29-19-7-6-15(23)12-20(19)30-22/h2-7,12,16,26H,8-11,13-14H2,1H3,(H,24,27)/t16-/m0/s1. The van der Waals surface area contributed by atoms with Crippen LogP contribution in [0.4, 0.5) is 0 Å². The molecule has 2 heterocycles. The van der Waals surface area contributed by atoms with Gasteiger partial charge < -0.3 is 29.5 Å². The summed E-state index contributed by atoms with van der Waals surface area (Å²) >= 11 is 6.03. The van der Waals surface area contributed by atoms with Crippen molar-refractivity contribution in [1.82, 2.24) is 10.2 Å². The monoisotopic (exact) mass is 432 g/mol. The number of piperidine rings is 1. The molecule has 0 unspecified atom stereocenters. The van der Waals surface area contributed by atoms with Crippen LogP contribution in [0.15, 0.2) is 42.5 Å². The van der Waals surface area contributed by atoms with E-state index in [1.54, 1.807) is 43.4 Å². The van der Waals surface area contributed by atoms with Crippen LogP contribution in [0.5, 0.6) is 17.2 Å². The number of rotatable bonds is 6. The second-order valence-electron chi connectivity index (χ2n) is 7.55. The Hall–Kier alpha value is -2.48. The molecule has 2 aliphatic rings. The number of carbonyl (C=O) groups excluding carboxylic acids is 1. The van der Waals surface area contributed by atoms with Gasteiger partial charge in [-0.1, -0.05) is 23.7 Å². The van der Waals surface area contributed by atoms with E-state index in [0.29, 0.717) is 41.5 Å². The van der Waals surface area contributed by atoms with Crippen molar-refractivity contribution >= 4 is 17.5 Å². The van der Waals surface area contributed by atoms with E-state index in [-0.39, 0.29) is 12.5 Å². The summed E-state index contributed by atoms with van der Waals surface area (Å²) in [6.07, 6.45) is 0.692. The summed E-state index contributed by atoms with van der Waals surface area (Å²) in [5.41, 5.74) is 0.447. The van der Waals surface area contributed by atoms with Crippen molar-refractivity contribution in [3.63, 3.8) is 0 Å². The predicted octanol–water partition coefficient (Wildman–Crippen LogP) is 2.70. The number of likely N-dealkylation sites (tertiary alicyclic amines) is 1. The minimum Gasteiger partial charge on any atom is -0.490 e. The Morgan fingerprint density at radius 1 is 1.23 bits per heavy atom. The summed E-state index contributed by atoms with van der Waals surface area (Å²) in [5, 5.41) is 13.6. The van der Waals surface area contributed by atoms with E-state index in [9.17, 15) is 9.90 Å². The minimum atomic E-state index is -0.682. The van der Waals surface area contributed by atoms with Gasteiger partial charge in [0.2, 0.25) is 0 Å². The number of hydrogen-bond acceptors (Lipinski definition) is 6. The van der Waals surface area contributed by atoms with E-state index in [1.807, 2.05) is 6.07 Å². The average Bonchev–Trinajstić information content (AvgIpc) is 3.10. The van der Waals surface area contributed by atoms with Crippen molar-refractivity contribution in [2.24, 2.45) is 0 Å². The van der Waals surface area contributed by atoms with E-state index < -0.39 is 11.9 Å². The molecule has 0 aliphatic carbocycles. The van der Waals surface area contributed by atoms with Crippen molar-refractivity contribution in [2.75, 3.05) is 33.3 Å². The van der Waals surface area contributed by atoms with Crippen molar-refractivity contribution in [3.05, 3.63) is 53.1 Å². The van der Waals surface area contributed by atoms with E-state index in [0.717, 1.165) is 18.8 Å².